The van der Waals surface area contributed by atoms with E-state index < -0.39 is 0 Å². The normalized spacial score (nSPS) is 42.1. The molecule has 0 bridgehead atoms. The van der Waals surface area contributed by atoms with E-state index in [1.165, 1.54) is 33.3 Å². The van der Waals surface area contributed by atoms with Crippen LogP contribution in [0.3, 0.4) is 0 Å². The molecule has 0 aromatic carbocycles. The van der Waals surface area contributed by atoms with Gasteiger partial charge in [-0.2, -0.15) is 0 Å². The van der Waals surface area contributed by atoms with Crippen molar-refractivity contribution in [1.82, 2.24) is 0 Å². The summed E-state index contributed by atoms with van der Waals surface area (Å²) in [5, 5.41) is 0. The average molecular weight is 553 g/mol. The molecule has 11 atom stereocenters. The lowest BCUT2D eigenvalue weighted by molar-refractivity contribution is -0.234. The second-order valence-electron chi connectivity index (χ2n) is 13.4. The number of fused-ring (bicyclic) bond motifs is 5. The Balaban J connectivity index is 1.60. The molecule has 4 rings (SSSR count). The number of esters is 2. The number of rotatable bonds is 11. The maximum Gasteiger partial charge on any atom is 0.305 e. The van der Waals surface area contributed by atoms with Crippen LogP contribution < -0.4 is 0 Å². The van der Waals surface area contributed by atoms with Gasteiger partial charge in [-0.05, 0) is 97.7 Å². The highest BCUT2D eigenvalue weighted by molar-refractivity contribution is 5.69. The van der Waals surface area contributed by atoms with E-state index >= 15 is 0 Å². The van der Waals surface area contributed by atoms with Crippen molar-refractivity contribution in [3.8, 4) is 0 Å². The molecule has 4 aliphatic carbocycles. The van der Waals surface area contributed by atoms with Gasteiger partial charge in [-0.1, -0.05) is 20.8 Å². The Bertz CT molecular complexity index is 848. The molecule has 0 aliphatic heterocycles. The molecule has 0 unspecified atom stereocenters. The van der Waals surface area contributed by atoms with Gasteiger partial charge in [0.1, 0.15) is 19.7 Å². The van der Waals surface area contributed by atoms with Gasteiger partial charge in [0.05, 0.1) is 19.3 Å². The number of methoxy groups -OCH3 is 3. The first-order chi connectivity index (χ1) is 18.6. The maximum absolute atomic E-state index is 12.1. The van der Waals surface area contributed by atoms with Crippen molar-refractivity contribution in [3.05, 3.63) is 0 Å². The van der Waals surface area contributed by atoms with Gasteiger partial charge in [0.15, 0.2) is 0 Å². The van der Waals surface area contributed by atoms with Gasteiger partial charge in [0, 0.05) is 27.6 Å². The van der Waals surface area contributed by atoms with Gasteiger partial charge in [-0.3, -0.25) is 9.59 Å². The Morgan fingerprint density at radius 3 is 2.15 bits per heavy atom. The second kappa shape index (κ2) is 12.7. The van der Waals surface area contributed by atoms with Crippen LogP contribution >= 0.6 is 0 Å². The van der Waals surface area contributed by atoms with Crippen LogP contribution in [0.2, 0.25) is 0 Å². The van der Waals surface area contributed by atoms with Crippen LogP contribution in [0.15, 0.2) is 0 Å². The van der Waals surface area contributed by atoms with E-state index in [9.17, 15) is 9.59 Å². The van der Waals surface area contributed by atoms with E-state index in [-0.39, 0.29) is 47.9 Å². The Morgan fingerprint density at radius 2 is 1.51 bits per heavy atom. The first kappa shape index (κ1) is 30.7. The van der Waals surface area contributed by atoms with Crippen molar-refractivity contribution in [2.45, 2.75) is 104 Å². The van der Waals surface area contributed by atoms with Gasteiger partial charge in [-0.15, -0.1) is 0 Å². The summed E-state index contributed by atoms with van der Waals surface area (Å²) in [4.78, 5) is 24.0. The largest absolute Gasteiger partial charge is 0.469 e. The predicted octanol–water partition coefficient (Wildman–Crippen LogP) is 5.36. The van der Waals surface area contributed by atoms with E-state index in [2.05, 4.69) is 20.8 Å². The molecule has 0 amide bonds. The highest BCUT2D eigenvalue weighted by atomic mass is 16.7. The summed E-state index contributed by atoms with van der Waals surface area (Å²) in [7, 11) is 4.79. The van der Waals surface area contributed by atoms with Crippen molar-refractivity contribution in [2.75, 3.05) is 34.9 Å². The first-order valence-electron chi connectivity index (χ1n) is 15.0. The molecule has 4 fully saturated rings. The molecule has 4 saturated carbocycles. The molecule has 8 nitrogen and oxygen atoms in total. The van der Waals surface area contributed by atoms with E-state index in [0.29, 0.717) is 48.7 Å². The quantitative estimate of drug-likeness (QED) is 0.250. The number of hydrogen-bond donors (Lipinski definition) is 0. The van der Waals surface area contributed by atoms with Crippen LogP contribution in [0, 0.1) is 46.3 Å². The van der Waals surface area contributed by atoms with Crippen molar-refractivity contribution in [2.24, 2.45) is 46.3 Å². The minimum atomic E-state index is -0.265. The van der Waals surface area contributed by atoms with Crippen molar-refractivity contribution in [1.29, 1.82) is 0 Å². The molecule has 0 spiro atoms. The third-order valence-electron chi connectivity index (χ3n) is 11.5. The van der Waals surface area contributed by atoms with Crippen molar-refractivity contribution in [3.63, 3.8) is 0 Å². The van der Waals surface area contributed by atoms with Crippen molar-refractivity contribution >= 4 is 11.9 Å². The molecule has 0 heterocycles. The van der Waals surface area contributed by atoms with Crippen molar-refractivity contribution < 1.29 is 38.0 Å². The minimum absolute atomic E-state index is 0.0422. The number of carbonyl (C=O) groups excluding carboxylic acids is 2. The summed E-state index contributed by atoms with van der Waals surface area (Å²) in [6, 6.07) is 0. The van der Waals surface area contributed by atoms with Gasteiger partial charge < -0.3 is 28.4 Å². The molecular formula is C31H52O8. The molecular weight excluding hydrogens is 500 g/mol. The van der Waals surface area contributed by atoms with E-state index in [1.54, 1.807) is 14.2 Å². The Hall–Kier alpha value is -1.22. The van der Waals surface area contributed by atoms with E-state index in [0.717, 1.165) is 32.1 Å². The summed E-state index contributed by atoms with van der Waals surface area (Å²) >= 11 is 0. The van der Waals surface area contributed by atoms with Crippen LogP contribution in [-0.4, -0.2) is 65.2 Å². The van der Waals surface area contributed by atoms with Gasteiger partial charge in [-0.25, -0.2) is 0 Å². The van der Waals surface area contributed by atoms with E-state index in [1.807, 2.05) is 0 Å². The summed E-state index contributed by atoms with van der Waals surface area (Å²) in [5.74, 6) is 2.60. The Kier molecular flexibility index (Phi) is 10.0. The van der Waals surface area contributed by atoms with Crippen LogP contribution in [0.25, 0.3) is 0 Å². The molecule has 0 saturated heterocycles. The molecule has 39 heavy (non-hydrogen) atoms. The van der Waals surface area contributed by atoms with Crippen LogP contribution in [0.5, 0.6) is 0 Å². The minimum Gasteiger partial charge on any atom is -0.469 e. The Labute approximate surface area is 235 Å². The third kappa shape index (κ3) is 6.05. The molecule has 8 heteroatoms. The average Bonchev–Trinajstić information content (AvgIpc) is 3.26. The topological polar surface area (TPSA) is 89.5 Å². The number of ether oxygens (including phenoxy) is 6. The van der Waals surface area contributed by atoms with Gasteiger partial charge in [0.25, 0.3) is 0 Å². The number of hydrogen-bond acceptors (Lipinski definition) is 8. The predicted molar refractivity (Wildman–Crippen MR) is 145 cm³/mol. The van der Waals surface area contributed by atoms with Gasteiger partial charge in [0.2, 0.25) is 0 Å². The zero-order valence-corrected chi connectivity index (χ0v) is 25.2. The monoisotopic (exact) mass is 552 g/mol. The molecule has 0 radical (unpaired) electrons. The fourth-order valence-electron chi connectivity index (χ4n) is 9.79. The summed E-state index contributed by atoms with van der Waals surface area (Å²) in [6.45, 7) is 9.27. The smallest absolute Gasteiger partial charge is 0.305 e. The summed E-state index contributed by atoms with van der Waals surface area (Å²) in [6.07, 6.45) is 8.42. The third-order valence-corrected chi connectivity index (χ3v) is 11.5. The fraction of sp³-hybridized carbons (Fsp3) is 0.935. The molecule has 4 aliphatic rings. The summed E-state index contributed by atoms with van der Waals surface area (Å²) in [5.41, 5.74) is 0.267. The molecule has 0 N–H and O–H groups in total. The second-order valence-corrected chi connectivity index (χ2v) is 13.4. The summed E-state index contributed by atoms with van der Waals surface area (Å²) < 4.78 is 34.0. The molecule has 0 aromatic heterocycles. The van der Waals surface area contributed by atoms with E-state index in [4.69, 9.17) is 28.4 Å². The first-order valence-corrected chi connectivity index (χ1v) is 15.0. The zero-order chi connectivity index (χ0) is 28.4. The lowest BCUT2D eigenvalue weighted by atomic mass is 9.43. The van der Waals surface area contributed by atoms with Gasteiger partial charge >= 0.3 is 11.9 Å². The zero-order valence-electron chi connectivity index (χ0n) is 25.2. The molecule has 0 aromatic rings. The highest BCUT2D eigenvalue weighted by Gasteiger charge is 2.64. The number of carbonyl (C=O) groups is 2. The van der Waals surface area contributed by atoms with Crippen LogP contribution in [0.1, 0.15) is 85.5 Å². The fourth-order valence-corrected chi connectivity index (χ4v) is 9.79. The standard InChI is InChI=1S/C31H52O8/c1-19(8-11-28(33)36-7)22-9-10-23-29-24(12-13-30(22,23)3)31(4)16-27(39-20(2)32)25(37-17-34-5)14-21(31)15-26(29)38-18-35-6/h19,21-27,29H,8-18H2,1-7H3/t19-,21+,22-,23+,24+,25-,26+,27-,29+,30-,31+/m1/s1. The van der Waals surface area contributed by atoms with Crippen LogP contribution in [0.4, 0.5) is 0 Å². The lowest BCUT2D eigenvalue weighted by Gasteiger charge is -2.63. The maximum atomic E-state index is 12.1. The van der Waals surface area contributed by atoms with Crippen LogP contribution in [-0.2, 0) is 38.0 Å². The lowest BCUT2D eigenvalue weighted by Crippen LogP contribution is -2.61. The molecule has 224 valence electrons. The highest BCUT2D eigenvalue weighted by Crippen LogP contribution is 2.69. The SMILES string of the molecule is COCO[C@H]1C[C@@H]2C[C@@H](OCOC)[C@H](OC(C)=O)C[C@]2(C)[C@H]2CC[C@]3(C)[C@@H]([C@H](C)CCC(=O)OC)CC[C@H]3[C@H]12. The Morgan fingerprint density at radius 1 is 0.872 bits per heavy atom.